The molecule has 0 radical (unpaired) electrons. The molecule has 1 atom stereocenters. The van der Waals surface area contributed by atoms with Crippen LogP contribution in [-0.2, 0) is 4.79 Å². The summed E-state index contributed by atoms with van der Waals surface area (Å²) < 4.78 is 6.45. The molecule has 0 bridgehead atoms. The molecule has 1 fully saturated rings. The van der Waals surface area contributed by atoms with E-state index in [0.29, 0.717) is 12.3 Å². The first-order chi connectivity index (χ1) is 9.70. The van der Waals surface area contributed by atoms with Crippen molar-refractivity contribution in [3.63, 3.8) is 0 Å². The zero-order valence-electron chi connectivity index (χ0n) is 11.4. The van der Waals surface area contributed by atoms with Gasteiger partial charge in [-0.2, -0.15) is 0 Å². The number of amides is 1. The van der Waals surface area contributed by atoms with Gasteiger partial charge in [0.2, 0.25) is 0 Å². The summed E-state index contributed by atoms with van der Waals surface area (Å²) in [4.78, 5) is 14.0. The van der Waals surface area contributed by atoms with Gasteiger partial charge in [0.05, 0.1) is 12.6 Å². The maximum absolute atomic E-state index is 12.3. The molecule has 0 saturated carbocycles. The van der Waals surface area contributed by atoms with Crippen LogP contribution in [0.3, 0.4) is 0 Å². The number of aliphatic hydroxyl groups is 1. The summed E-state index contributed by atoms with van der Waals surface area (Å²) in [5.74, 6) is 0.619. The van der Waals surface area contributed by atoms with Crippen molar-refractivity contribution in [1.29, 1.82) is 0 Å². The highest BCUT2D eigenvalue weighted by molar-refractivity contribution is 9.10. The van der Waals surface area contributed by atoms with Crippen LogP contribution >= 0.6 is 15.9 Å². The van der Waals surface area contributed by atoms with E-state index in [1.807, 2.05) is 24.3 Å². The molecule has 20 heavy (non-hydrogen) atoms. The zero-order valence-corrected chi connectivity index (χ0v) is 13.0. The number of carbonyl (C=O) groups excluding carboxylic acids is 1. The Balaban J connectivity index is 1.92. The predicted octanol–water partition coefficient (Wildman–Crippen LogP) is 2.59. The summed E-state index contributed by atoms with van der Waals surface area (Å²) in [7, 11) is 0. The van der Waals surface area contributed by atoms with E-state index in [1.165, 1.54) is 0 Å². The van der Waals surface area contributed by atoms with E-state index in [0.717, 1.165) is 30.2 Å². The summed E-state index contributed by atoms with van der Waals surface area (Å²) in [6.45, 7) is 0.765. The van der Waals surface area contributed by atoms with Crippen molar-refractivity contribution in [2.75, 3.05) is 19.8 Å². The average molecular weight is 342 g/mol. The molecule has 2 rings (SSSR count). The number of rotatable bonds is 4. The number of likely N-dealkylation sites (tertiary alicyclic amines) is 1. The monoisotopic (exact) mass is 341 g/mol. The third-order valence-corrected chi connectivity index (χ3v) is 4.06. The minimum absolute atomic E-state index is 0.0208. The molecular weight excluding hydrogens is 322 g/mol. The molecule has 110 valence electrons. The summed E-state index contributed by atoms with van der Waals surface area (Å²) in [6, 6.07) is 7.37. The third-order valence-electron chi connectivity index (χ3n) is 3.57. The molecule has 1 N–H and O–H groups in total. The van der Waals surface area contributed by atoms with Crippen molar-refractivity contribution in [1.82, 2.24) is 4.90 Å². The highest BCUT2D eigenvalue weighted by atomic mass is 79.9. The van der Waals surface area contributed by atoms with E-state index < -0.39 is 0 Å². The lowest BCUT2D eigenvalue weighted by atomic mass is 10.1. The molecule has 4 nitrogen and oxygen atoms in total. The van der Waals surface area contributed by atoms with Crippen molar-refractivity contribution >= 4 is 21.8 Å². The van der Waals surface area contributed by atoms with Crippen LogP contribution in [0.5, 0.6) is 5.75 Å². The molecule has 1 heterocycles. The smallest absolute Gasteiger partial charge is 0.260 e. The maximum atomic E-state index is 12.3. The van der Waals surface area contributed by atoms with Crippen LogP contribution < -0.4 is 4.74 Å². The Kier molecular flexibility index (Phi) is 5.86. The molecule has 1 amide bonds. The fourth-order valence-electron chi connectivity index (χ4n) is 2.48. The first-order valence-electron chi connectivity index (χ1n) is 6.99. The normalized spacial score (nSPS) is 19.5. The van der Waals surface area contributed by atoms with Gasteiger partial charge in [0.1, 0.15) is 5.75 Å². The molecule has 1 aliphatic rings. The number of aliphatic hydroxyl groups excluding tert-OH is 1. The van der Waals surface area contributed by atoms with Gasteiger partial charge in [-0.25, -0.2) is 0 Å². The van der Waals surface area contributed by atoms with Crippen LogP contribution in [0.1, 0.15) is 25.7 Å². The number of halogens is 1. The van der Waals surface area contributed by atoms with E-state index in [1.54, 1.807) is 4.90 Å². The van der Waals surface area contributed by atoms with Gasteiger partial charge in [-0.3, -0.25) is 4.79 Å². The molecule has 5 heteroatoms. The van der Waals surface area contributed by atoms with E-state index in [9.17, 15) is 9.90 Å². The fourth-order valence-corrected chi connectivity index (χ4v) is 2.86. The molecular formula is C15H20BrNO3. The van der Waals surface area contributed by atoms with Crippen LogP contribution in [-0.4, -0.2) is 41.7 Å². The summed E-state index contributed by atoms with van der Waals surface area (Å²) >= 11 is 3.37. The maximum Gasteiger partial charge on any atom is 0.260 e. The molecule has 1 aromatic rings. The highest BCUT2D eigenvalue weighted by Gasteiger charge is 2.24. The van der Waals surface area contributed by atoms with Crippen LogP contribution in [0.4, 0.5) is 0 Å². The molecule has 1 aromatic carbocycles. The first-order valence-corrected chi connectivity index (χ1v) is 7.78. The quantitative estimate of drug-likeness (QED) is 0.915. The lowest BCUT2D eigenvalue weighted by molar-refractivity contribution is -0.136. The van der Waals surface area contributed by atoms with Gasteiger partial charge in [-0.15, -0.1) is 0 Å². The van der Waals surface area contributed by atoms with Crippen molar-refractivity contribution < 1.29 is 14.6 Å². The van der Waals surface area contributed by atoms with Crippen LogP contribution in [0, 0.1) is 0 Å². The van der Waals surface area contributed by atoms with Gasteiger partial charge in [0.25, 0.3) is 5.91 Å². The second-order valence-corrected chi connectivity index (χ2v) is 5.93. The Hall–Kier alpha value is -1.07. The molecule has 0 spiro atoms. The van der Waals surface area contributed by atoms with Crippen molar-refractivity contribution in [3.05, 3.63) is 28.7 Å². The minimum Gasteiger partial charge on any atom is -0.484 e. The number of hydrogen-bond donors (Lipinski definition) is 1. The largest absolute Gasteiger partial charge is 0.484 e. The number of nitrogens with zero attached hydrogens (tertiary/aromatic N) is 1. The van der Waals surface area contributed by atoms with Crippen molar-refractivity contribution in [2.24, 2.45) is 0 Å². The number of hydrogen-bond acceptors (Lipinski definition) is 3. The van der Waals surface area contributed by atoms with E-state index in [4.69, 9.17) is 4.74 Å². The van der Waals surface area contributed by atoms with Gasteiger partial charge in [0.15, 0.2) is 6.61 Å². The van der Waals surface area contributed by atoms with Crippen LogP contribution in [0.25, 0.3) is 0 Å². The van der Waals surface area contributed by atoms with Crippen molar-refractivity contribution in [2.45, 2.75) is 31.7 Å². The summed E-state index contributed by atoms with van der Waals surface area (Å²) in [5.41, 5.74) is 0. The third kappa shape index (κ3) is 4.21. The number of ether oxygens (including phenoxy) is 1. The first kappa shape index (κ1) is 15.3. The van der Waals surface area contributed by atoms with E-state index in [2.05, 4.69) is 15.9 Å². The van der Waals surface area contributed by atoms with Crippen molar-refractivity contribution in [3.8, 4) is 5.75 Å². The lowest BCUT2D eigenvalue weighted by Crippen LogP contribution is -2.44. The Morgan fingerprint density at radius 2 is 2.25 bits per heavy atom. The Morgan fingerprint density at radius 1 is 1.40 bits per heavy atom. The Morgan fingerprint density at radius 3 is 3.00 bits per heavy atom. The molecule has 0 aliphatic carbocycles. The van der Waals surface area contributed by atoms with Gasteiger partial charge >= 0.3 is 0 Å². The highest BCUT2D eigenvalue weighted by Crippen LogP contribution is 2.19. The second-order valence-electron chi connectivity index (χ2n) is 5.02. The Labute approximate surface area is 127 Å². The van der Waals surface area contributed by atoms with Gasteiger partial charge in [-0.05, 0) is 31.0 Å². The topological polar surface area (TPSA) is 49.8 Å². The second kappa shape index (κ2) is 7.64. The van der Waals surface area contributed by atoms with Gasteiger partial charge in [-0.1, -0.05) is 34.8 Å². The summed E-state index contributed by atoms with van der Waals surface area (Å²) in [5, 5.41) is 9.42. The molecule has 1 saturated heterocycles. The lowest BCUT2D eigenvalue weighted by Gasteiger charge is -2.28. The molecule has 0 aromatic heterocycles. The van der Waals surface area contributed by atoms with E-state index in [-0.39, 0.29) is 25.2 Å². The predicted molar refractivity (Wildman–Crippen MR) is 80.7 cm³/mol. The van der Waals surface area contributed by atoms with Crippen LogP contribution in [0.15, 0.2) is 28.7 Å². The SMILES string of the molecule is O=C(COc1cccc(Br)c1)N1CCCCCC1CO. The molecule has 1 unspecified atom stereocenters. The minimum atomic E-state index is -0.0592. The number of benzene rings is 1. The Bertz CT molecular complexity index is 452. The number of carbonyl (C=O) groups is 1. The molecule has 1 aliphatic heterocycles. The van der Waals surface area contributed by atoms with E-state index >= 15 is 0 Å². The standard InChI is InChI=1S/C15H20BrNO3/c16-12-5-4-7-14(9-12)20-11-15(19)17-8-3-1-2-6-13(17)10-18/h4-5,7,9,13,18H,1-3,6,8,10-11H2. The fraction of sp³-hybridized carbons (Fsp3) is 0.533. The average Bonchev–Trinajstić information content (AvgIpc) is 2.70. The van der Waals surface area contributed by atoms with Gasteiger partial charge in [0, 0.05) is 11.0 Å². The van der Waals surface area contributed by atoms with Crippen LogP contribution in [0.2, 0.25) is 0 Å². The zero-order chi connectivity index (χ0) is 14.4. The summed E-state index contributed by atoms with van der Waals surface area (Å²) in [6.07, 6.45) is 4.06. The van der Waals surface area contributed by atoms with Gasteiger partial charge < -0.3 is 14.7 Å².